The van der Waals surface area contributed by atoms with E-state index >= 15 is 0 Å². The summed E-state index contributed by atoms with van der Waals surface area (Å²) in [6.07, 6.45) is 2.20. The predicted molar refractivity (Wildman–Crippen MR) is 140 cm³/mol. The summed E-state index contributed by atoms with van der Waals surface area (Å²) in [4.78, 5) is 4.71. The lowest BCUT2D eigenvalue weighted by molar-refractivity contribution is 0.286. The Morgan fingerprint density at radius 1 is 1.11 bits per heavy atom. The second-order valence-electron chi connectivity index (χ2n) is 9.36. The molecule has 5 rings (SSSR count). The second-order valence-corrected chi connectivity index (χ2v) is 9.36. The van der Waals surface area contributed by atoms with Gasteiger partial charge in [0, 0.05) is 49.4 Å². The van der Waals surface area contributed by atoms with Gasteiger partial charge in [-0.15, -0.1) is 22.6 Å². The van der Waals surface area contributed by atoms with Crippen molar-refractivity contribution in [1.82, 2.24) is 9.47 Å². The minimum atomic E-state index is -0.480. The summed E-state index contributed by atoms with van der Waals surface area (Å²) >= 11 is 0. The van der Waals surface area contributed by atoms with Gasteiger partial charge < -0.3 is 20.3 Å². The molecule has 184 valence electrons. The molecular formula is C25H29ClFN7O. The molecule has 0 radical (unpaired) electrons. The molecule has 0 amide bonds. The number of rotatable bonds is 4. The highest BCUT2D eigenvalue weighted by atomic mass is 35.5. The average molecular weight is 498 g/mol. The summed E-state index contributed by atoms with van der Waals surface area (Å²) in [7, 11) is 0. The molecule has 8 nitrogen and oxygen atoms in total. The van der Waals surface area contributed by atoms with Crippen LogP contribution in [0.2, 0.25) is 0 Å². The first-order valence-electron chi connectivity index (χ1n) is 11.3. The van der Waals surface area contributed by atoms with E-state index in [0.717, 1.165) is 54.9 Å². The molecule has 1 saturated heterocycles. The zero-order chi connectivity index (χ0) is 24.0. The Morgan fingerprint density at radius 2 is 1.80 bits per heavy atom. The lowest BCUT2D eigenvalue weighted by Gasteiger charge is -2.38. The molecule has 4 N–H and O–H groups in total. The standard InChI is InChI=1S/C25H28FN7O.ClH/c1-25(2)14-16(15-31-10-12-32(13-11-31)18-8-6-17(26)7-9-18)19-4-3-5-20-21(29-30-24(27)28)23(34)33(25)22(19)20;/h3-9,14,34H,10-13,15H2,1-2H3,(H3,27,28);1H. The number of guanidine groups is 1. The fourth-order valence-electron chi connectivity index (χ4n) is 5.09. The highest BCUT2D eigenvalue weighted by Gasteiger charge is 2.33. The van der Waals surface area contributed by atoms with Crippen molar-refractivity contribution in [2.75, 3.05) is 37.6 Å². The van der Waals surface area contributed by atoms with Crippen LogP contribution >= 0.6 is 12.4 Å². The average Bonchev–Trinajstić information content (AvgIpc) is 3.09. The van der Waals surface area contributed by atoms with Gasteiger partial charge >= 0.3 is 0 Å². The lowest BCUT2D eigenvalue weighted by Crippen LogP contribution is -2.47. The number of hydrogen-bond acceptors (Lipinski definition) is 5. The fourth-order valence-corrected chi connectivity index (χ4v) is 5.09. The van der Waals surface area contributed by atoms with E-state index in [2.05, 4.69) is 46.0 Å². The zero-order valence-corrected chi connectivity index (χ0v) is 20.5. The number of hydrogen-bond donors (Lipinski definition) is 3. The van der Waals surface area contributed by atoms with Gasteiger partial charge in [-0.2, -0.15) is 0 Å². The summed E-state index contributed by atoms with van der Waals surface area (Å²) in [5, 5.41) is 26.9. The number of nitrogens with zero attached hydrogens (tertiary/aromatic N) is 5. The van der Waals surface area contributed by atoms with Crippen molar-refractivity contribution in [2.45, 2.75) is 19.4 Å². The van der Waals surface area contributed by atoms with E-state index in [0.29, 0.717) is 5.69 Å². The van der Waals surface area contributed by atoms with E-state index in [1.807, 2.05) is 28.8 Å². The third kappa shape index (κ3) is 4.49. The number of halogens is 2. The summed E-state index contributed by atoms with van der Waals surface area (Å²) < 4.78 is 15.1. The maximum absolute atomic E-state index is 13.3. The van der Waals surface area contributed by atoms with E-state index in [9.17, 15) is 9.50 Å². The molecule has 0 saturated carbocycles. The minimum absolute atomic E-state index is 0. The monoisotopic (exact) mass is 497 g/mol. The summed E-state index contributed by atoms with van der Waals surface area (Å²) in [5.74, 6) is -0.616. The molecule has 35 heavy (non-hydrogen) atoms. The number of para-hydroxylation sites is 1. The molecular weight excluding hydrogens is 469 g/mol. The number of benzene rings is 2. The van der Waals surface area contributed by atoms with Crippen LogP contribution in [0.4, 0.5) is 15.8 Å². The first-order chi connectivity index (χ1) is 16.2. The third-order valence-electron chi connectivity index (χ3n) is 6.60. The molecule has 1 fully saturated rings. The molecule has 0 atom stereocenters. The van der Waals surface area contributed by atoms with Crippen molar-refractivity contribution in [1.29, 1.82) is 5.41 Å². The predicted octanol–water partition coefficient (Wildman–Crippen LogP) is 4.84. The fraction of sp³-hybridized carbons (Fsp3) is 0.320. The van der Waals surface area contributed by atoms with Gasteiger partial charge in [0.25, 0.3) is 0 Å². The topological polar surface area (TPSA) is 106 Å². The van der Waals surface area contributed by atoms with Crippen molar-refractivity contribution in [3.63, 3.8) is 0 Å². The normalized spacial score (nSPS) is 17.5. The molecule has 2 aliphatic heterocycles. The van der Waals surface area contributed by atoms with Crippen molar-refractivity contribution >= 4 is 46.2 Å². The van der Waals surface area contributed by atoms with Gasteiger partial charge in [-0.05, 0) is 43.7 Å². The molecule has 2 aromatic carbocycles. The maximum atomic E-state index is 13.3. The van der Waals surface area contributed by atoms with Crippen LogP contribution in [0.1, 0.15) is 19.4 Å². The third-order valence-corrected chi connectivity index (χ3v) is 6.60. The van der Waals surface area contributed by atoms with E-state index in [-0.39, 0.29) is 24.1 Å². The van der Waals surface area contributed by atoms with Gasteiger partial charge in [0.1, 0.15) is 5.82 Å². The van der Waals surface area contributed by atoms with Crippen molar-refractivity contribution in [3.8, 4) is 5.88 Å². The van der Waals surface area contributed by atoms with Gasteiger partial charge in [-0.25, -0.2) is 4.39 Å². The first kappa shape index (κ1) is 24.7. The second kappa shape index (κ2) is 9.31. The van der Waals surface area contributed by atoms with Crippen LogP contribution in [0.25, 0.3) is 16.5 Å². The number of aromatic hydroxyl groups is 1. The molecule has 3 heterocycles. The Morgan fingerprint density at radius 3 is 2.46 bits per heavy atom. The van der Waals surface area contributed by atoms with Crippen LogP contribution in [-0.2, 0) is 5.54 Å². The summed E-state index contributed by atoms with van der Waals surface area (Å²) in [5.41, 5.74) is 9.40. The molecule has 0 spiro atoms. The quantitative estimate of drug-likeness (QED) is 0.272. The van der Waals surface area contributed by atoms with Gasteiger partial charge in [-0.1, -0.05) is 24.3 Å². The lowest BCUT2D eigenvalue weighted by atomic mass is 9.90. The van der Waals surface area contributed by atoms with Crippen LogP contribution < -0.4 is 10.6 Å². The van der Waals surface area contributed by atoms with E-state index < -0.39 is 11.5 Å². The van der Waals surface area contributed by atoms with Crippen LogP contribution in [0.15, 0.2) is 58.8 Å². The number of nitrogens with one attached hydrogen (secondary N) is 1. The Kier molecular flexibility index (Phi) is 6.57. The van der Waals surface area contributed by atoms with Crippen LogP contribution in [0, 0.1) is 11.2 Å². The Hall–Kier alpha value is -3.43. The number of piperazine rings is 1. The van der Waals surface area contributed by atoms with Gasteiger partial charge in [-0.3, -0.25) is 10.3 Å². The van der Waals surface area contributed by atoms with Gasteiger partial charge in [0.2, 0.25) is 11.8 Å². The highest BCUT2D eigenvalue weighted by Crippen LogP contribution is 2.48. The first-order valence-corrected chi connectivity index (χ1v) is 11.3. The van der Waals surface area contributed by atoms with Crippen molar-refractivity contribution in [2.24, 2.45) is 16.0 Å². The van der Waals surface area contributed by atoms with E-state index in [1.54, 1.807) is 0 Å². The van der Waals surface area contributed by atoms with Crippen LogP contribution in [0.3, 0.4) is 0 Å². The van der Waals surface area contributed by atoms with Crippen molar-refractivity contribution < 1.29 is 9.50 Å². The molecule has 0 aliphatic carbocycles. The van der Waals surface area contributed by atoms with Gasteiger partial charge in [0.15, 0.2) is 5.69 Å². The number of azo groups is 1. The van der Waals surface area contributed by atoms with Crippen molar-refractivity contribution in [3.05, 3.63) is 59.9 Å². The van der Waals surface area contributed by atoms with E-state index in [4.69, 9.17) is 11.1 Å². The number of aromatic nitrogens is 1. The summed E-state index contributed by atoms with van der Waals surface area (Å²) in [6, 6.07) is 12.6. The highest BCUT2D eigenvalue weighted by molar-refractivity contribution is 6.03. The van der Waals surface area contributed by atoms with E-state index in [1.165, 1.54) is 17.7 Å². The molecule has 0 unspecified atom stereocenters. The Bertz CT molecular complexity index is 1320. The Labute approximate surface area is 209 Å². The molecule has 10 heteroatoms. The maximum Gasteiger partial charge on any atom is 0.232 e. The Balaban J connectivity index is 0.00000289. The smallest absolute Gasteiger partial charge is 0.232 e. The number of allylic oxidation sites excluding steroid dienone is 1. The number of nitrogens with two attached hydrogens (primary N) is 1. The zero-order valence-electron chi connectivity index (χ0n) is 19.7. The number of anilines is 1. The minimum Gasteiger partial charge on any atom is -0.493 e. The molecule has 3 aromatic rings. The SMILES string of the molecule is CC1(C)C=C(CN2CCN(c3ccc(F)cc3)CC2)c2cccc3c(N=NC(=N)N)c(O)n1c23.Cl. The van der Waals surface area contributed by atoms with Crippen LogP contribution in [-0.4, -0.2) is 53.3 Å². The van der Waals surface area contributed by atoms with Gasteiger partial charge in [0.05, 0.1) is 11.1 Å². The van der Waals surface area contributed by atoms with Crippen LogP contribution in [0.5, 0.6) is 5.88 Å². The molecule has 2 aliphatic rings. The summed E-state index contributed by atoms with van der Waals surface area (Å²) in [6.45, 7) is 8.44. The largest absolute Gasteiger partial charge is 0.493 e. The molecule has 1 aromatic heterocycles. The molecule has 0 bridgehead atoms.